The summed E-state index contributed by atoms with van der Waals surface area (Å²) in [7, 11) is 3.86. The normalized spacial score (nSPS) is 20.9. The quantitative estimate of drug-likeness (QED) is 0.293. The highest BCUT2D eigenvalue weighted by atomic mass is 16.5. The van der Waals surface area contributed by atoms with Gasteiger partial charge in [-0.15, -0.1) is 0 Å². The number of Topliss-reactive ketones (excluding diaryl/α,β-unsaturated/α-hetero) is 2. The zero-order chi connectivity index (χ0) is 24.5. The number of carbonyl (C=O) groups is 3. The summed E-state index contributed by atoms with van der Waals surface area (Å²) in [5.41, 5.74) is 3.60. The van der Waals surface area contributed by atoms with Crippen LogP contribution in [0.4, 0.5) is 11.4 Å². The van der Waals surface area contributed by atoms with Crippen LogP contribution in [0.2, 0.25) is 0 Å². The predicted octanol–water partition coefficient (Wildman–Crippen LogP) is 4.77. The van der Waals surface area contributed by atoms with Crippen molar-refractivity contribution in [3.8, 4) is 11.3 Å². The monoisotopic (exact) mass is 471 g/mol. The third-order valence-corrected chi connectivity index (χ3v) is 7.31. The fourth-order valence-corrected chi connectivity index (χ4v) is 5.47. The highest BCUT2D eigenvalue weighted by molar-refractivity contribution is 6.49. The molecule has 2 aromatic carbocycles. The average Bonchev–Trinajstić information content (AvgIpc) is 3.52. The van der Waals surface area contributed by atoms with E-state index in [1.54, 1.807) is 23.1 Å². The topological polar surface area (TPSA) is 83.7 Å². The Kier molecular flexibility index (Phi) is 6.24. The minimum Gasteiger partial charge on any atom is -0.378 e. The first-order chi connectivity index (χ1) is 17.0. The van der Waals surface area contributed by atoms with Crippen LogP contribution in [-0.2, 0) is 9.59 Å². The Morgan fingerprint density at radius 3 is 2.23 bits per heavy atom. The second-order valence-corrected chi connectivity index (χ2v) is 9.64. The minimum atomic E-state index is -0.994. The standard InChI is InChI=1S/C28H29N3O4/c1-30(2)21-12-10-20(11-13-21)26(32)24-25(19-6-4-3-5-7-19)31(28(34)27(24)33)22-14-8-18(9-15-22)23-16-17-35-29-23/h8-17,19,24-25H,3-7H2,1-2H3. The number of ketones is 2. The highest BCUT2D eigenvalue weighted by Gasteiger charge is 2.54. The molecular weight excluding hydrogens is 442 g/mol. The second kappa shape index (κ2) is 9.49. The van der Waals surface area contributed by atoms with Crippen molar-refractivity contribution in [2.24, 2.45) is 11.8 Å². The van der Waals surface area contributed by atoms with Crippen LogP contribution in [0.25, 0.3) is 11.3 Å². The van der Waals surface area contributed by atoms with Crippen molar-refractivity contribution in [1.82, 2.24) is 5.16 Å². The zero-order valence-electron chi connectivity index (χ0n) is 20.0. The fraction of sp³-hybridized carbons (Fsp3) is 0.357. The van der Waals surface area contributed by atoms with E-state index in [4.69, 9.17) is 4.52 Å². The fourth-order valence-electron chi connectivity index (χ4n) is 5.47. The smallest absolute Gasteiger partial charge is 0.295 e. The summed E-state index contributed by atoms with van der Waals surface area (Å²) < 4.78 is 4.93. The molecule has 0 bridgehead atoms. The third kappa shape index (κ3) is 4.27. The first kappa shape index (κ1) is 23.0. The lowest BCUT2D eigenvalue weighted by atomic mass is 9.76. The largest absolute Gasteiger partial charge is 0.378 e. The highest BCUT2D eigenvalue weighted by Crippen LogP contribution is 2.41. The van der Waals surface area contributed by atoms with Gasteiger partial charge >= 0.3 is 0 Å². The van der Waals surface area contributed by atoms with Crippen LogP contribution in [-0.4, -0.2) is 42.8 Å². The summed E-state index contributed by atoms with van der Waals surface area (Å²) in [5, 5.41) is 3.96. The van der Waals surface area contributed by atoms with Crippen molar-refractivity contribution in [3.05, 3.63) is 66.4 Å². The molecule has 2 fully saturated rings. The maximum absolute atomic E-state index is 13.7. The second-order valence-electron chi connectivity index (χ2n) is 9.64. The van der Waals surface area contributed by atoms with Crippen LogP contribution < -0.4 is 9.80 Å². The molecule has 2 unspecified atom stereocenters. The van der Waals surface area contributed by atoms with Crippen molar-refractivity contribution in [3.63, 3.8) is 0 Å². The molecule has 0 radical (unpaired) electrons. The molecule has 2 aliphatic rings. The van der Waals surface area contributed by atoms with Crippen LogP contribution in [0.5, 0.6) is 0 Å². The molecular formula is C28H29N3O4. The van der Waals surface area contributed by atoms with E-state index in [9.17, 15) is 14.4 Å². The number of benzene rings is 2. The van der Waals surface area contributed by atoms with Gasteiger partial charge in [0.2, 0.25) is 5.78 Å². The third-order valence-electron chi connectivity index (χ3n) is 7.31. The summed E-state index contributed by atoms with van der Waals surface area (Å²) in [5.74, 6) is -2.37. The van der Waals surface area contributed by atoms with Gasteiger partial charge in [-0.25, -0.2) is 0 Å². The maximum Gasteiger partial charge on any atom is 0.295 e. The first-order valence-corrected chi connectivity index (χ1v) is 12.2. The van der Waals surface area contributed by atoms with Gasteiger partial charge in [-0.05, 0) is 55.2 Å². The number of nitrogens with zero attached hydrogens (tertiary/aromatic N) is 3. The lowest BCUT2D eigenvalue weighted by Gasteiger charge is -2.35. The SMILES string of the molecule is CN(C)c1ccc(C(=O)C2C(=O)C(=O)N(c3ccc(-c4ccon4)cc3)C2C2CCCCC2)cc1. The summed E-state index contributed by atoms with van der Waals surface area (Å²) in [4.78, 5) is 43.9. The van der Waals surface area contributed by atoms with Crippen molar-refractivity contribution >= 4 is 28.8 Å². The van der Waals surface area contributed by atoms with Gasteiger partial charge in [0.15, 0.2) is 5.78 Å². The number of hydrogen-bond donors (Lipinski definition) is 0. The number of carbonyl (C=O) groups excluding carboxylic acids is 3. The van der Waals surface area contributed by atoms with E-state index in [2.05, 4.69) is 5.16 Å². The Labute approximate surface area is 204 Å². The number of hydrogen-bond acceptors (Lipinski definition) is 6. The zero-order valence-corrected chi connectivity index (χ0v) is 20.0. The summed E-state index contributed by atoms with van der Waals surface area (Å²) in [6, 6.07) is 15.9. The van der Waals surface area contributed by atoms with Crippen LogP contribution in [0.1, 0.15) is 42.5 Å². The predicted molar refractivity (Wildman–Crippen MR) is 133 cm³/mol. The van der Waals surface area contributed by atoms with Crippen molar-refractivity contribution in [2.75, 3.05) is 23.9 Å². The molecule has 180 valence electrons. The summed E-state index contributed by atoms with van der Waals surface area (Å²) >= 11 is 0. The molecule has 5 rings (SSSR count). The van der Waals surface area contributed by atoms with Gasteiger partial charge in [0.05, 0.1) is 6.04 Å². The molecule has 1 amide bonds. The van der Waals surface area contributed by atoms with E-state index in [1.165, 1.54) is 6.26 Å². The van der Waals surface area contributed by atoms with E-state index in [0.717, 1.165) is 43.4 Å². The van der Waals surface area contributed by atoms with Crippen molar-refractivity contribution < 1.29 is 18.9 Å². The number of amides is 1. The first-order valence-electron chi connectivity index (χ1n) is 12.2. The molecule has 1 aromatic heterocycles. The lowest BCUT2D eigenvalue weighted by molar-refractivity contribution is -0.135. The summed E-state index contributed by atoms with van der Waals surface area (Å²) in [6.45, 7) is 0. The molecule has 1 aliphatic carbocycles. The number of rotatable bonds is 6. The molecule has 3 aromatic rings. The van der Waals surface area contributed by atoms with Gasteiger partial charge in [-0.1, -0.05) is 36.6 Å². The van der Waals surface area contributed by atoms with Crippen LogP contribution in [0.3, 0.4) is 0 Å². The molecule has 7 nitrogen and oxygen atoms in total. The Morgan fingerprint density at radius 1 is 0.943 bits per heavy atom. The van der Waals surface area contributed by atoms with Crippen LogP contribution in [0.15, 0.2) is 65.4 Å². The maximum atomic E-state index is 13.7. The Hall–Kier alpha value is -3.74. The molecule has 2 atom stereocenters. The molecule has 2 heterocycles. The Balaban J connectivity index is 1.51. The van der Waals surface area contributed by atoms with Gasteiger partial charge in [0, 0.05) is 42.7 Å². The van der Waals surface area contributed by atoms with Crippen LogP contribution >= 0.6 is 0 Å². The molecule has 7 heteroatoms. The lowest BCUT2D eigenvalue weighted by Crippen LogP contribution is -2.44. The van der Waals surface area contributed by atoms with E-state index in [1.807, 2.05) is 55.4 Å². The Bertz CT molecular complexity index is 1210. The molecule has 1 saturated heterocycles. The number of aromatic nitrogens is 1. The van der Waals surface area contributed by atoms with Gasteiger partial charge in [-0.2, -0.15) is 0 Å². The molecule has 1 saturated carbocycles. The molecule has 35 heavy (non-hydrogen) atoms. The van der Waals surface area contributed by atoms with Gasteiger partial charge in [0.1, 0.15) is 17.9 Å². The van der Waals surface area contributed by atoms with E-state index >= 15 is 0 Å². The van der Waals surface area contributed by atoms with Gasteiger partial charge in [0.25, 0.3) is 5.91 Å². The minimum absolute atomic E-state index is 0.101. The van der Waals surface area contributed by atoms with Crippen molar-refractivity contribution in [2.45, 2.75) is 38.1 Å². The van der Waals surface area contributed by atoms with E-state index < -0.39 is 23.7 Å². The van der Waals surface area contributed by atoms with Crippen LogP contribution in [0, 0.1) is 11.8 Å². The molecule has 0 N–H and O–H groups in total. The van der Waals surface area contributed by atoms with Gasteiger partial charge < -0.3 is 14.3 Å². The van der Waals surface area contributed by atoms with E-state index in [0.29, 0.717) is 16.9 Å². The van der Waals surface area contributed by atoms with Gasteiger partial charge in [-0.3, -0.25) is 14.4 Å². The van der Waals surface area contributed by atoms with E-state index in [-0.39, 0.29) is 11.7 Å². The Morgan fingerprint density at radius 2 is 1.63 bits per heavy atom. The van der Waals surface area contributed by atoms with Crippen molar-refractivity contribution in [1.29, 1.82) is 0 Å². The molecule has 0 spiro atoms. The molecule has 1 aliphatic heterocycles. The number of anilines is 2. The summed E-state index contributed by atoms with van der Waals surface area (Å²) in [6.07, 6.45) is 6.54. The average molecular weight is 472 g/mol.